The summed E-state index contributed by atoms with van der Waals surface area (Å²) >= 11 is 1.72. The maximum absolute atomic E-state index is 4.67. The Morgan fingerprint density at radius 1 is 0.840 bits per heavy atom. The lowest BCUT2D eigenvalue weighted by molar-refractivity contribution is 1.01. The van der Waals surface area contributed by atoms with Crippen molar-refractivity contribution in [1.82, 2.24) is 9.55 Å². The number of thiazole rings is 1. The molecule has 0 aliphatic rings. The molecule has 120 valence electrons. The summed E-state index contributed by atoms with van der Waals surface area (Å²) in [7, 11) is 2.13. The van der Waals surface area contributed by atoms with Crippen molar-refractivity contribution in [2.75, 3.05) is 0 Å². The molecule has 0 amide bonds. The van der Waals surface area contributed by atoms with Gasteiger partial charge in [-0.2, -0.15) is 0 Å². The first-order valence-electron chi connectivity index (χ1n) is 8.30. The minimum absolute atomic E-state index is 1.04. The van der Waals surface area contributed by atoms with Crippen LogP contribution in [-0.2, 0) is 7.05 Å². The number of benzene rings is 3. The summed E-state index contributed by atoms with van der Waals surface area (Å²) in [5.74, 6) is 0. The largest absolute Gasteiger partial charge is 0.344 e. The molecule has 0 saturated heterocycles. The molecule has 0 radical (unpaired) electrons. The molecule has 0 N–H and O–H groups in total. The molecule has 2 nitrogen and oxygen atoms in total. The number of nitrogens with zero attached hydrogens (tertiary/aromatic N) is 2. The van der Waals surface area contributed by atoms with E-state index in [9.17, 15) is 0 Å². The van der Waals surface area contributed by atoms with Crippen LogP contribution in [-0.4, -0.2) is 9.55 Å². The summed E-state index contributed by atoms with van der Waals surface area (Å²) < 4.78 is 3.49. The van der Waals surface area contributed by atoms with Gasteiger partial charge in [-0.3, -0.25) is 0 Å². The standard InChI is InChI=1S/C22H16N2S/c1-24-19-8-4-2-6-16(19)17-12-10-15(14-20(17)24)11-13-22-23-18-7-3-5-9-21(18)25-22/h2-14H,1H3. The SMILES string of the molecule is Cn1c2ccccc2c2ccc(C=Cc3nc4ccccc4s3)cc21. The number of para-hydroxylation sites is 2. The highest BCUT2D eigenvalue weighted by Gasteiger charge is 2.07. The van der Waals surface area contributed by atoms with Crippen LogP contribution in [0.5, 0.6) is 0 Å². The van der Waals surface area contributed by atoms with Gasteiger partial charge >= 0.3 is 0 Å². The molecule has 0 saturated carbocycles. The fourth-order valence-corrected chi connectivity index (χ4v) is 4.28. The van der Waals surface area contributed by atoms with E-state index in [0.29, 0.717) is 0 Å². The minimum atomic E-state index is 1.04. The van der Waals surface area contributed by atoms with Crippen LogP contribution >= 0.6 is 11.3 Å². The first-order valence-corrected chi connectivity index (χ1v) is 9.12. The fourth-order valence-electron chi connectivity index (χ4n) is 3.41. The molecular formula is C22H16N2S. The summed E-state index contributed by atoms with van der Waals surface area (Å²) in [4.78, 5) is 4.67. The van der Waals surface area contributed by atoms with Crippen LogP contribution in [0, 0.1) is 0 Å². The molecule has 0 atom stereocenters. The van der Waals surface area contributed by atoms with Gasteiger partial charge in [0.2, 0.25) is 0 Å². The van der Waals surface area contributed by atoms with Gasteiger partial charge in [0.1, 0.15) is 5.01 Å². The molecule has 2 aromatic heterocycles. The number of aryl methyl sites for hydroxylation is 1. The fraction of sp³-hybridized carbons (Fsp3) is 0.0455. The zero-order valence-corrected chi connectivity index (χ0v) is 14.6. The van der Waals surface area contributed by atoms with Crippen LogP contribution in [0.4, 0.5) is 0 Å². The molecule has 0 aliphatic carbocycles. The Balaban J connectivity index is 1.58. The van der Waals surface area contributed by atoms with Crippen LogP contribution in [0.15, 0.2) is 66.7 Å². The van der Waals surface area contributed by atoms with E-state index in [0.717, 1.165) is 10.5 Å². The molecule has 0 spiro atoms. The summed E-state index contributed by atoms with van der Waals surface area (Å²) in [5.41, 5.74) is 4.78. The lowest BCUT2D eigenvalue weighted by atomic mass is 10.1. The van der Waals surface area contributed by atoms with E-state index in [4.69, 9.17) is 0 Å². The van der Waals surface area contributed by atoms with E-state index in [2.05, 4.69) is 89.4 Å². The van der Waals surface area contributed by atoms with Crippen molar-refractivity contribution < 1.29 is 0 Å². The third kappa shape index (κ3) is 2.36. The van der Waals surface area contributed by atoms with Gasteiger partial charge in [-0.25, -0.2) is 4.98 Å². The Labute approximate surface area is 149 Å². The number of hydrogen-bond donors (Lipinski definition) is 0. The zero-order chi connectivity index (χ0) is 16.8. The van der Waals surface area contributed by atoms with Crippen molar-refractivity contribution in [2.24, 2.45) is 7.05 Å². The Hall–Kier alpha value is -2.91. The summed E-state index contributed by atoms with van der Waals surface area (Å²) in [6.45, 7) is 0. The molecule has 5 aromatic rings. The first-order chi connectivity index (χ1) is 12.3. The van der Waals surface area contributed by atoms with Crippen LogP contribution < -0.4 is 0 Å². The molecular weight excluding hydrogens is 324 g/mol. The third-order valence-electron chi connectivity index (χ3n) is 4.67. The molecule has 0 aliphatic heterocycles. The summed E-state index contributed by atoms with van der Waals surface area (Å²) in [5, 5.41) is 3.65. The van der Waals surface area contributed by atoms with Crippen LogP contribution in [0.3, 0.4) is 0 Å². The van der Waals surface area contributed by atoms with Crippen molar-refractivity contribution in [3.05, 3.63) is 77.3 Å². The van der Waals surface area contributed by atoms with Crippen LogP contribution in [0.25, 0.3) is 44.2 Å². The topological polar surface area (TPSA) is 17.8 Å². The molecule has 0 bridgehead atoms. The van der Waals surface area contributed by atoms with Crippen molar-refractivity contribution in [1.29, 1.82) is 0 Å². The highest BCUT2D eigenvalue weighted by Crippen LogP contribution is 2.29. The molecule has 2 heterocycles. The van der Waals surface area contributed by atoms with E-state index in [-0.39, 0.29) is 0 Å². The van der Waals surface area contributed by atoms with E-state index < -0.39 is 0 Å². The number of aromatic nitrogens is 2. The lowest BCUT2D eigenvalue weighted by Gasteiger charge is -1.99. The van der Waals surface area contributed by atoms with Crippen LogP contribution in [0.1, 0.15) is 10.6 Å². The van der Waals surface area contributed by atoms with Gasteiger partial charge in [0.15, 0.2) is 0 Å². The summed E-state index contributed by atoms with van der Waals surface area (Å²) in [6, 6.07) is 23.5. The Kier molecular flexibility index (Phi) is 3.22. The maximum atomic E-state index is 4.67. The van der Waals surface area contributed by atoms with Crippen molar-refractivity contribution >= 4 is 55.5 Å². The molecule has 5 rings (SSSR count). The second-order valence-corrected chi connectivity index (χ2v) is 7.27. The quantitative estimate of drug-likeness (QED) is 0.379. The second kappa shape index (κ2) is 5.57. The van der Waals surface area contributed by atoms with Gasteiger partial charge in [-0.15, -0.1) is 11.3 Å². The van der Waals surface area contributed by atoms with E-state index in [1.807, 2.05) is 6.07 Å². The average Bonchev–Trinajstić information content (AvgIpc) is 3.20. The number of fused-ring (bicyclic) bond motifs is 4. The molecule has 0 unspecified atom stereocenters. The van der Waals surface area contributed by atoms with Gasteiger partial charge in [0.05, 0.1) is 10.2 Å². The second-order valence-electron chi connectivity index (χ2n) is 6.21. The van der Waals surface area contributed by atoms with E-state index in [1.54, 1.807) is 11.3 Å². The van der Waals surface area contributed by atoms with Gasteiger partial charge in [-0.05, 0) is 35.9 Å². The van der Waals surface area contributed by atoms with Crippen LogP contribution in [0.2, 0.25) is 0 Å². The Bertz CT molecular complexity index is 1220. The predicted molar refractivity (Wildman–Crippen MR) is 109 cm³/mol. The van der Waals surface area contributed by atoms with Crippen molar-refractivity contribution in [3.8, 4) is 0 Å². The van der Waals surface area contributed by atoms with E-state index in [1.165, 1.54) is 32.1 Å². The molecule has 0 fully saturated rings. The molecule has 3 heteroatoms. The number of rotatable bonds is 2. The normalized spacial score (nSPS) is 12.0. The van der Waals surface area contributed by atoms with Crippen molar-refractivity contribution in [2.45, 2.75) is 0 Å². The Morgan fingerprint density at radius 3 is 2.56 bits per heavy atom. The highest BCUT2D eigenvalue weighted by molar-refractivity contribution is 7.19. The average molecular weight is 340 g/mol. The monoisotopic (exact) mass is 340 g/mol. The molecule has 3 aromatic carbocycles. The number of hydrogen-bond acceptors (Lipinski definition) is 2. The van der Waals surface area contributed by atoms with Gasteiger partial charge in [-0.1, -0.05) is 48.5 Å². The zero-order valence-electron chi connectivity index (χ0n) is 13.8. The minimum Gasteiger partial charge on any atom is -0.344 e. The van der Waals surface area contributed by atoms with Gasteiger partial charge < -0.3 is 4.57 Å². The van der Waals surface area contributed by atoms with Gasteiger partial charge in [0.25, 0.3) is 0 Å². The van der Waals surface area contributed by atoms with Crippen molar-refractivity contribution in [3.63, 3.8) is 0 Å². The van der Waals surface area contributed by atoms with Gasteiger partial charge in [0, 0.05) is 28.9 Å². The maximum Gasteiger partial charge on any atom is 0.117 e. The predicted octanol–water partition coefficient (Wildman–Crippen LogP) is 6.11. The smallest absolute Gasteiger partial charge is 0.117 e. The first kappa shape index (κ1) is 14.4. The lowest BCUT2D eigenvalue weighted by Crippen LogP contribution is -1.86. The van der Waals surface area contributed by atoms with E-state index >= 15 is 0 Å². The molecule has 25 heavy (non-hydrogen) atoms. The highest BCUT2D eigenvalue weighted by atomic mass is 32.1. The third-order valence-corrected chi connectivity index (χ3v) is 5.67. The Morgan fingerprint density at radius 2 is 1.64 bits per heavy atom. The summed E-state index contributed by atoms with van der Waals surface area (Å²) in [6.07, 6.45) is 4.25.